The van der Waals surface area contributed by atoms with E-state index < -0.39 is 78.1 Å². The van der Waals surface area contributed by atoms with E-state index in [0.717, 1.165) is 23.0 Å². The monoisotopic (exact) mass is 882 g/mol. The van der Waals surface area contributed by atoms with Crippen LogP contribution >= 0.6 is 11.6 Å². The number of nitrogens with one attached hydrogen (secondary N) is 4. The summed E-state index contributed by atoms with van der Waals surface area (Å²) in [5.74, 6) is -5.42. The summed E-state index contributed by atoms with van der Waals surface area (Å²) in [7, 11) is 1.37. The number of esters is 1. The molecule has 0 unspecified atom stereocenters. The normalized spacial score (nSPS) is 17.1. The third kappa shape index (κ3) is 12.2. The van der Waals surface area contributed by atoms with Crippen molar-refractivity contribution in [3.63, 3.8) is 0 Å². The van der Waals surface area contributed by atoms with Crippen LogP contribution in [0.5, 0.6) is 11.5 Å². The average molecular weight is 883 g/mol. The van der Waals surface area contributed by atoms with Crippen LogP contribution in [0, 0.1) is 0 Å². The number of likely N-dealkylation sites (N-methyl/N-ethyl adjacent to an activating group) is 1. The van der Waals surface area contributed by atoms with E-state index in [2.05, 4.69) is 21.3 Å². The number of unbranched alkanes of at least 4 members (excludes halogenated alkanes) is 1. The molecule has 5 rings (SSSR count). The maximum atomic E-state index is 14.6. The summed E-state index contributed by atoms with van der Waals surface area (Å²) in [5.41, 5.74) is 8.60. The van der Waals surface area contributed by atoms with E-state index in [0.29, 0.717) is 30.0 Å². The van der Waals surface area contributed by atoms with Gasteiger partial charge in [0.1, 0.15) is 35.7 Å². The number of phenolic OH excluding ortho intramolecular Hbond substituents is 2. The summed E-state index contributed by atoms with van der Waals surface area (Å²) in [6.45, 7) is 3.65. The second kappa shape index (κ2) is 21.3. The molecule has 4 bridgehead atoms. The number of carbonyl (C=O) groups is 7. The van der Waals surface area contributed by atoms with Crippen molar-refractivity contribution < 1.29 is 48.5 Å². The molecule has 0 aromatic heterocycles. The first-order chi connectivity index (χ1) is 30.0. The van der Waals surface area contributed by atoms with Gasteiger partial charge >= 0.3 is 5.97 Å². The van der Waals surface area contributed by atoms with E-state index in [1.165, 1.54) is 57.3 Å². The number of benzene rings is 4. The van der Waals surface area contributed by atoms with E-state index in [1.54, 1.807) is 36.4 Å². The average Bonchev–Trinajstić information content (AvgIpc) is 3.25. The van der Waals surface area contributed by atoms with E-state index in [4.69, 9.17) is 22.1 Å². The third-order valence-corrected chi connectivity index (χ3v) is 10.9. The maximum Gasteiger partial charge on any atom is 0.303 e. The molecule has 0 saturated heterocycles. The summed E-state index contributed by atoms with van der Waals surface area (Å²) in [4.78, 5) is 95.0. The van der Waals surface area contributed by atoms with Crippen LogP contribution in [0.2, 0.25) is 5.02 Å². The number of ketones is 1. The summed E-state index contributed by atoms with van der Waals surface area (Å²) >= 11 is 6.04. The molecule has 1 aliphatic heterocycles. The molecule has 5 amide bonds. The van der Waals surface area contributed by atoms with Crippen LogP contribution in [-0.4, -0.2) is 101 Å². The van der Waals surface area contributed by atoms with Gasteiger partial charge in [-0.1, -0.05) is 48.0 Å². The molecule has 1 heterocycles. The molecule has 0 spiro atoms. The minimum absolute atomic E-state index is 0.0835. The number of fused-ring (bicyclic) bond motifs is 5. The number of rotatable bonds is 14. The molecule has 17 heteroatoms. The van der Waals surface area contributed by atoms with Gasteiger partial charge in [0.15, 0.2) is 12.4 Å². The fourth-order valence-corrected chi connectivity index (χ4v) is 7.16. The lowest BCUT2D eigenvalue weighted by Crippen LogP contribution is -2.57. The van der Waals surface area contributed by atoms with Crippen LogP contribution in [-0.2, 0) is 39.9 Å². The number of Topliss-reactive ketones (excluding diaryl/α,β-unsaturated/α-hetero) is 1. The van der Waals surface area contributed by atoms with Crippen molar-refractivity contribution >= 4 is 52.9 Å². The standard InChI is InChI=1S/C46H51ClN6O10/c1-25(40(57)24-63-27(3)54)49-44(60)37-22-28-8-18-38(55)34(21-28)35-23-32(15-19-39(35)56)41(45(61)50-26(2)42(58)52-37)53(4)46(62)36(7-5-6-20-48)51-43(59)31-11-9-29(10-12-31)30-13-16-33(47)17-14-30/h8-19,21,23,25-26,36-37,41,55-56H,5-7,20,22,24,48H2,1-4H3,(H,49,60)(H,50,61)(H,51,59)(H,52,58)/t25-,26-,36-,37-,41-/m0/s1. The minimum atomic E-state index is -1.46. The lowest BCUT2D eigenvalue weighted by molar-refractivity contribution is -0.146. The highest BCUT2D eigenvalue weighted by molar-refractivity contribution is 6.30. The Morgan fingerprint density at radius 1 is 0.857 bits per heavy atom. The minimum Gasteiger partial charge on any atom is -0.507 e. The second-order valence-corrected chi connectivity index (χ2v) is 15.8. The molecule has 5 atom stereocenters. The molecular weight excluding hydrogens is 832 g/mol. The fourth-order valence-electron chi connectivity index (χ4n) is 7.03. The Balaban J connectivity index is 1.47. The summed E-state index contributed by atoms with van der Waals surface area (Å²) < 4.78 is 4.76. The second-order valence-electron chi connectivity index (χ2n) is 15.3. The van der Waals surface area contributed by atoms with Crippen molar-refractivity contribution in [1.82, 2.24) is 26.2 Å². The molecular formula is C46H51ClN6O10. The zero-order valence-electron chi connectivity index (χ0n) is 35.3. The topological polar surface area (TPSA) is 247 Å². The van der Waals surface area contributed by atoms with Crippen LogP contribution in [0.4, 0.5) is 0 Å². The lowest BCUT2D eigenvalue weighted by atomic mass is 9.93. The number of halogens is 1. The van der Waals surface area contributed by atoms with Crippen molar-refractivity contribution in [2.24, 2.45) is 5.73 Å². The van der Waals surface area contributed by atoms with Gasteiger partial charge in [0.25, 0.3) is 5.91 Å². The van der Waals surface area contributed by atoms with Gasteiger partial charge in [-0.15, -0.1) is 0 Å². The third-order valence-electron chi connectivity index (χ3n) is 10.6. The van der Waals surface area contributed by atoms with Gasteiger partial charge in [-0.3, -0.25) is 33.6 Å². The number of phenols is 2. The van der Waals surface area contributed by atoms with E-state index in [-0.39, 0.29) is 46.6 Å². The highest BCUT2D eigenvalue weighted by Crippen LogP contribution is 2.39. The number of ether oxygens (including phenoxy) is 1. The largest absolute Gasteiger partial charge is 0.507 e. The summed E-state index contributed by atoms with van der Waals surface area (Å²) in [6, 6.07) is 16.2. The maximum absolute atomic E-state index is 14.6. The Morgan fingerprint density at radius 3 is 2.11 bits per heavy atom. The molecule has 8 N–H and O–H groups in total. The molecule has 0 aliphatic carbocycles. The van der Waals surface area contributed by atoms with Gasteiger partial charge in [-0.05, 0) is 110 Å². The first kappa shape index (κ1) is 47.3. The van der Waals surface area contributed by atoms with Crippen LogP contribution in [0.3, 0.4) is 0 Å². The van der Waals surface area contributed by atoms with Gasteiger partial charge in [0, 0.05) is 42.1 Å². The number of carbonyl (C=O) groups excluding carboxylic acids is 7. The van der Waals surface area contributed by atoms with Crippen LogP contribution in [0.15, 0.2) is 84.9 Å². The molecule has 1 aliphatic rings. The zero-order valence-corrected chi connectivity index (χ0v) is 36.0. The molecule has 4 aromatic rings. The number of amides is 5. The lowest BCUT2D eigenvalue weighted by Gasteiger charge is -2.32. The Hall–Kier alpha value is -6.78. The Labute approximate surface area is 369 Å². The van der Waals surface area contributed by atoms with E-state index >= 15 is 0 Å². The van der Waals surface area contributed by atoms with Crippen molar-refractivity contribution in [1.29, 1.82) is 0 Å². The first-order valence-corrected chi connectivity index (χ1v) is 20.7. The molecule has 63 heavy (non-hydrogen) atoms. The fraction of sp³-hybridized carbons (Fsp3) is 0.326. The van der Waals surface area contributed by atoms with Crippen molar-refractivity contribution in [3.05, 3.63) is 107 Å². The Kier molecular flexibility index (Phi) is 16.0. The highest BCUT2D eigenvalue weighted by Gasteiger charge is 2.36. The molecule has 332 valence electrons. The van der Waals surface area contributed by atoms with E-state index in [9.17, 15) is 43.8 Å². The zero-order chi connectivity index (χ0) is 46.0. The van der Waals surface area contributed by atoms with Crippen LogP contribution in [0.25, 0.3) is 22.3 Å². The Morgan fingerprint density at radius 2 is 1.48 bits per heavy atom. The summed E-state index contributed by atoms with van der Waals surface area (Å²) in [6.07, 6.45) is 1.01. The van der Waals surface area contributed by atoms with Crippen molar-refractivity contribution in [2.75, 3.05) is 20.2 Å². The van der Waals surface area contributed by atoms with Crippen LogP contribution in [0.1, 0.15) is 67.6 Å². The molecule has 4 aromatic carbocycles. The van der Waals surface area contributed by atoms with Gasteiger partial charge in [-0.2, -0.15) is 0 Å². The van der Waals surface area contributed by atoms with E-state index in [1.807, 2.05) is 12.1 Å². The number of hydrogen-bond acceptors (Lipinski definition) is 11. The molecule has 0 fully saturated rings. The quantitative estimate of drug-likeness (QED) is 0.0711. The Bertz CT molecular complexity index is 2360. The van der Waals surface area contributed by atoms with Gasteiger partial charge in [0.05, 0.1) is 6.04 Å². The smallest absolute Gasteiger partial charge is 0.303 e. The number of hydrogen-bond donors (Lipinski definition) is 7. The predicted molar refractivity (Wildman–Crippen MR) is 234 cm³/mol. The SMILES string of the molecule is CC(=O)OCC(=O)[C@H](C)NC(=O)[C@@H]1Cc2ccc(O)c(c2)-c2cc(ccc2O)[C@H](N(C)C(=O)[C@H](CCCCN)NC(=O)c2ccc(-c3ccc(Cl)cc3)cc2)C(=O)N[C@@H](C)C(=O)N1. The van der Waals surface area contributed by atoms with Crippen molar-refractivity contribution in [2.45, 2.75) is 76.7 Å². The highest BCUT2D eigenvalue weighted by atomic mass is 35.5. The first-order valence-electron chi connectivity index (χ1n) is 20.3. The number of aromatic hydroxyl groups is 2. The number of nitrogens with zero attached hydrogens (tertiary/aromatic N) is 1. The molecule has 0 radical (unpaired) electrons. The van der Waals surface area contributed by atoms with Gasteiger partial charge in [0.2, 0.25) is 23.6 Å². The predicted octanol–water partition coefficient (Wildman–Crippen LogP) is 3.69. The van der Waals surface area contributed by atoms with Crippen LogP contribution < -0.4 is 27.0 Å². The molecule has 16 nitrogen and oxygen atoms in total. The van der Waals surface area contributed by atoms with Gasteiger partial charge in [-0.25, -0.2) is 0 Å². The summed E-state index contributed by atoms with van der Waals surface area (Å²) in [5, 5.41) is 33.4. The van der Waals surface area contributed by atoms with Crippen molar-refractivity contribution in [3.8, 4) is 33.8 Å². The number of nitrogens with two attached hydrogens (primary N) is 1. The van der Waals surface area contributed by atoms with Gasteiger partial charge < -0.3 is 46.9 Å². The molecule has 0 saturated carbocycles.